The predicted octanol–water partition coefficient (Wildman–Crippen LogP) is 1.88. The van der Waals surface area contributed by atoms with Crippen molar-refractivity contribution >= 4 is 11.9 Å². The van der Waals surface area contributed by atoms with E-state index in [4.69, 9.17) is 0 Å². The molecule has 14 heavy (non-hydrogen) atoms. The van der Waals surface area contributed by atoms with Gasteiger partial charge in [0.25, 0.3) is 0 Å². The molecule has 0 aromatic carbocycles. The molecule has 1 saturated carbocycles. The maximum atomic E-state index is 11.1. The van der Waals surface area contributed by atoms with E-state index in [2.05, 4.69) is 10.1 Å². The molecular formula is C10H19NO3. The third-order valence-corrected chi connectivity index (χ3v) is 2.41. The van der Waals surface area contributed by atoms with Crippen molar-refractivity contribution in [2.75, 3.05) is 7.11 Å². The highest BCUT2D eigenvalue weighted by molar-refractivity contribution is 5.90. The first-order valence-electron chi connectivity index (χ1n) is 4.98. The van der Waals surface area contributed by atoms with Crippen LogP contribution in [0.3, 0.4) is 0 Å². The van der Waals surface area contributed by atoms with Crippen molar-refractivity contribution in [1.29, 1.82) is 0 Å². The van der Waals surface area contributed by atoms with Crippen molar-refractivity contribution in [3.63, 3.8) is 0 Å². The minimum absolute atomic E-state index is 0.0131. The molecule has 1 amide bonds. The molecule has 0 aliphatic heterocycles. The number of Topliss-reactive ketones (excluding diaryl/α,β-unsaturated/α-hetero) is 1. The van der Waals surface area contributed by atoms with Crippen molar-refractivity contribution in [3.05, 3.63) is 0 Å². The third kappa shape index (κ3) is 2.72. The Balaban J connectivity index is 0.000000791. The maximum absolute atomic E-state index is 11.1. The van der Waals surface area contributed by atoms with E-state index in [9.17, 15) is 9.59 Å². The lowest BCUT2D eigenvalue weighted by Gasteiger charge is -2.39. The summed E-state index contributed by atoms with van der Waals surface area (Å²) in [6.07, 6.45) is 1.93. The number of carbonyl (C=O) groups is 2. The Labute approximate surface area is 85.0 Å². The monoisotopic (exact) mass is 201 g/mol. The van der Waals surface area contributed by atoms with Gasteiger partial charge in [-0.2, -0.15) is 0 Å². The largest absolute Gasteiger partial charge is 0.453 e. The summed E-state index contributed by atoms with van der Waals surface area (Å²) in [5.74, 6) is 0.0131. The Morgan fingerprint density at radius 2 is 1.79 bits per heavy atom. The van der Waals surface area contributed by atoms with Crippen LogP contribution < -0.4 is 5.32 Å². The lowest BCUT2D eigenvalue weighted by molar-refractivity contribution is -0.126. The predicted molar refractivity (Wildman–Crippen MR) is 54.2 cm³/mol. The summed E-state index contributed by atoms with van der Waals surface area (Å²) in [6, 6.07) is 0. The van der Waals surface area contributed by atoms with E-state index >= 15 is 0 Å². The Morgan fingerprint density at radius 3 is 2.00 bits per heavy atom. The van der Waals surface area contributed by atoms with E-state index < -0.39 is 11.6 Å². The molecule has 82 valence electrons. The normalized spacial score (nSPS) is 16.9. The van der Waals surface area contributed by atoms with Crippen LogP contribution in [-0.4, -0.2) is 24.5 Å². The van der Waals surface area contributed by atoms with Crippen molar-refractivity contribution < 1.29 is 14.3 Å². The van der Waals surface area contributed by atoms with Gasteiger partial charge in [-0.05, 0) is 26.2 Å². The third-order valence-electron chi connectivity index (χ3n) is 2.41. The second-order valence-electron chi connectivity index (χ2n) is 3.11. The van der Waals surface area contributed by atoms with Gasteiger partial charge in [0.05, 0.1) is 7.11 Å². The molecule has 4 heteroatoms. The van der Waals surface area contributed by atoms with Gasteiger partial charge in [-0.3, -0.25) is 4.79 Å². The number of nitrogens with one attached hydrogen (secondary N) is 1. The van der Waals surface area contributed by atoms with E-state index in [1.807, 2.05) is 13.8 Å². The lowest BCUT2D eigenvalue weighted by atomic mass is 9.74. The SMILES string of the molecule is CC.COC(=O)NC1(C(C)=O)CCC1. The quantitative estimate of drug-likeness (QED) is 0.742. The van der Waals surface area contributed by atoms with Gasteiger partial charge >= 0.3 is 6.09 Å². The fourth-order valence-corrected chi connectivity index (χ4v) is 1.34. The Bertz CT molecular complexity index is 209. The molecule has 0 aromatic rings. The van der Waals surface area contributed by atoms with Gasteiger partial charge in [-0.15, -0.1) is 0 Å². The summed E-state index contributed by atoms with van der Waals surface area (Å²) < 4.78 is 4.43. The van der Waals surface area contributed by atoms with E-state index in [-0.39, 0.29) is 5.78 Å². The molecule has 1 fully saturated rings. The van der Waals surface area contributed by atoms with E-state index in [0.717, 1.165) is 19.3 Å². The summed E-state index contributed by atoms with van der Waals surface area (Å²) in [5, 5.41) is 2.57. The molecule has 0 radical (unpaired) electrons. The summed E-state index contributed by atoms with van der Waals surface area (Å²) in [4.78, 5) is 22.0. The van der Waals surface area contributed by atoms with Gasteiger partial charge < -0.3 is 10.1 Å². The molecule has 1 aliphatic rings. The van der Waals surface area contributed by atoms with Crippen LogP contribution in [0.15, 0.2) is 0 Å². The zero-order chi connectivity index (χ0) is 11.2. The van der Waals surface area contributed by atoms with E-state index in [1.165, 1.54) is 14.0 Å². The topological polar surface area (TPSA) is 55.4 Å². The van der Waals surface area contributed by atoms with Gasteiger partial charge in [0.1, 0.15) is 5.54 Å². The summed E-state index contributed by atoms with van der Waals surface area (Å²) in [5.41, 5.74) is -0.618. The molecule has 0 saturated heterocycles. The molecular weight excluding hydrogens is 182 g/mol. The average molecular weight is 201 g/mol. The number of hydrogen-bond donors (Lipinski definition) is 1. The first-order valence-corrected chi connectivity index (χ1v) is 4.98. The van der Waals surface area contributed by atoms with Crippen LogP contribution in [0, 0.1) is 0 Å². The van der Waals surface area contributed by atoms with Gasteiger partial charge in [0, 0.05) is 0 Å². The number of ether oxygens (including phenoxy) is 1. The highest BCUT2D eigenvalue weighted by Crippen LogP contribution is 2.32. The number of hydrogen-bond acceptors (Lipinski definition) is 3. The van der Waals surface area contributed by atoms with Crippen molar-refractivity contribution in [2.24, 2.45) is 0 Å². The highest BCUT2D eigenvalue weighted by atomic mass is 16.5. The fourth-order valence-electron chi connectivity index (χ4n) is 1.34. The molecule has 0 aromatic heterocycles. The van der Waals surface area contributed by atoms with Crippen LogP contribution in [0.1, 0.15) is 40.0 Å². The van der Waals surface area contributed by atoms with Crippen LogP contribution in [-0.2, 0) is 9.53 Å². The Morgan fingerprint density at radius 1 is 1.29 bits per heavy atom. The molecule has 1 aliphatic carbocycles. The minimum atomic E-state index is -0.618. The zero-order valence-electron chi connectivity index (χ0n) is 9.35. The van der Waals surface area contributed by atoms with Gasteiger partial charge in [-0.25, -0.2) is 4.79 Å². The number of methoxy groups -OCH3 is 1. The fraction of sp³-hybridized carbons (Fsp3) is 0.800. The van der Waals surface area contributed by atoms with Gasteiger partial charge in [-0.1, -0.05) is 13.8 Å². The van der Waals surface area contributed by atoms with E-state index in [0.29, 0.717) is 0 Å². The average Bonchev–Trinajstić information content (AvgIpc) is 2.13. The Hall–Kier alpha value is -1.06. The number of rotatable bonds is 2. The highest BCUT2D eigenvalue weighted by Gasteiger charge is 2.43. The first-order chi connectivity index (χ1) is 6.60. The smallest absolute Gasteiger partial charge is 0.407 e. The molecule has 4 nitrogen and oxygen atoms in total. The molecule has 0 unspecified atom stereocenters. The van der Waals surface area contributed by atoms with Crippen LogP contribution in [0.25, 0.3) is 0 Å². The van der Waals surface area contributed by atoms with Crippen LogP contribution in [0.2, 0.25) is 0 Å². The van der Waals surface area contributed by atoms with Crippen molar-refractivity contribution in [1.82, 2.24) is 5.32 Å². The number of amides is 1. The Kier molecular flexibility index (Phi) is 5.20. The summed E-state index contributed by atoms with van der Waals surface area (Å²) >= 11 is 0. The summed E-state index contributed by atoms with van der Waals surface area (Å²) in [7, 11) is 1.29. The van der Waals surface area contributed by atoms with Crippen molar-refractivity contribution in [2.45, 2.75) is 45.6 Å². The van der Waals surface area contributed by atoms with E-state index in [1.54, 1.807) is 0 Å². The standard InChI is InChI=1S/C8H13NO3.C2H6/c1-6(10)8(4-3-5-8)9-7(11)12-2;1-2/h3-5H2,1-2H3,(H,9,11);1-2H3. The minimum Gasteiger partial charge on any atom is -0.453 e. The second kappa shape index (κ2) is 5.62. The molecule has 1 N–H and O–H groups in total. The van der Waals surface area contributed by atoms with Crippen LogP contribution in [0.4, 0.5) is 4.79 Å². The molecule has 0 spiro atoms. The number of alkyl carbamates (subject to hydrolysis) is 1. The summed E-state index contributed by atoms with van der Waals surface area (Å²) in [6.45, 7) is 5.50. The number of carbonyl (C=O) groups excluding carboxylic acids is 2. The van der Waals surface area contributed by atoms with Crippen molar-refractivity contribution in [3.8, 4) is 0 Å². The van der Waals surface area contributed by atoms with Gasteiger partial charge in [0.15, 0.2) is 5.78 Å². The lowest BCUT2D eigenvalue weighted by Crippen LogP contribution is -2.58. The van der Waals surface area contributed by atoms with Gasteiger partial charge in [0.2, 0.25) is 0 Å². The maximum Gasteiger partial charge on any atom is 0.407 e. The second-order valence-corrected chi connectivity index (χ2v) is 3.11. The molecule has 0 atom stereocenters. The molecule has 0 heterocycles. The zero-order valence-corrected chi connectivity index (χ0v) is 9.35. The first kappa shape index (κ1) is 12.9. The van der Waals surface area contributed by atoms with Crippen LogP contribution >= 0.6 is 0 Å². The molecule has 1 rings (SSSR count). The molecule has 0 bridgehead atoms. The number of ketones is 1. The van der Waals surface area contributed by atoms with Crippen LogP contribution in [0.5, 0.6) is 0 Å².